The predicted molar refractivity (Wildman–Crippen MR) is 123 cm³/mol. The molecule has 0 fully saturated rings. The van der Waals surface area contributed by atoms with E-state index in [-0.39, 0.29) is 11.9 Å². The predicted octanol–water partition coefficient (Wildman–Crippen LogP) is 5.24. The zero-order chi connectivity index (χ0) is 21.8. The van der Waals surface area contributed by atoms with Gasteiger partial charge < -0.3 is 20.3 Å². The molecule has 31 heavy (non-hydrogen) atoms. The largest absolute Gasteiger partial charge is 0.492 e. The Labute approximate surface area is 181 Å². The molecule has 0 bridgehead atoms. The molecule has 3 amide bonds. The van der Waals surface area contributed by atoms with Gasteiger partial charge in [0.05, 0.1) is 12.3 Å². The first-order valence-electron chi connectivity index (χ1n) is 10.4. The minimum atomic E-state index is -0.374. The summed E-state index contributed by atoms with van der Waals surface area (Å²) in [4.78, 5) is 27.3. The zero-order valence-electron chi connectivity index (χ0n) is 17.6. The molecule has 0 saturated carbocycles. The molecule has 0 atom stereocenters. The summed E-state index contributed by atoms with van der Waals surface area (Å²) in [7, 11) is 0. The van der Waals surface area contributed by atoms with Crippen LogP contribution in [0, 0.1) is 6.92 Å². The van der Waals surface area contributed by atoms with Gasteiger partial charge in [0.2, 0.25) is 0 Å². The van der Waals surface area contributed by atoms with Crippen molar-refractivity contribution in [1.29, 1.82) is 0 Å². The van der Waals surface area contributed by atoms with E-state index in [0.717, 1.165) is 23.2 Å². The average Bonchev–Trinajstić information content (AvgIpc) is 3.18. The highest BCUT2D eigenvalue weighted by Gasteiger charge is 2.26. The van der Waals surface area contributed by atoms with Crippen LogP contribution in [0.15, 0.2) is 66.7 Å². The summed E-state index contributed by atoms with van der Waals surface area (Å²) in [6.45, 7) is 5.02. The van der Waals surface area contributed by atoms with Gasteiger partial charge in [-0.25, -0.2) is 4.79 Å². The van der Waals surface area contributed by atoms with Crippen molar-refractivity contribution in [2.75, 3.05) is 28.7 Å². The van der Waals surface area contributed by atoms with Gasteiger partial charge in [-0.05, 0) is 62.2 Å². The van der Waals surface area contributed by atoms with Crippen molar-refractivity contribution in [2.24, 2.45) is 0 Å². The molecule has 4 rings (SSSR count). The van der Waals surface area contributed by atoms with Crippen LogP contribution in [-0.2, 0) is 6.42 Å². The number of hydrogen-bond acceptors (Lipinski definition) is 3. The van der Waals surface area contributed by atoms with E-state index in [1.807, 2.05) is 74.5 Å². The van der Waals surface area contributed by atoms with Gasteiger partial charge in [-0.3, -0.25) is 4.79 Å². The highest BCUT2D eigenvalue weighted by molar-refractivity contribution is 6.08. The third-order valence-corrected chi connectivity index (χ3v) is 5.22. The van der Waals surface area contributed by atoms with Crippen LogP contribution in [0.3, 0.4) is 0 Å². The Morgan fingerprint density at radius 3 is 2.55 bits per heavy atom. The second-order valence-corrected chi connectivity index (χ2v) is 7.42. The quantitative estimate of drug-likeness (QED) is 0.599. The van der Waals surface area contributed by atoms with E-state index in [9.17, 15) is 9.59 Å². The van der Waals surface area contributed by atoms with E-state index in [1.54, 1.807) is 11.0 Å². The maximum absolute atomic E-state index is 13.0. The summed E-state index contributed by atoms with van der Waals surface area (Å²) in [6.07, 6.45) is 0.793. The summed E-state index contributed by atoms with van der Waals surface area (Å²) < 4.78 is 5.55. The topological polar surface area (TPSA) is 70.7 Å². The van der Waals surface area contributed by atoms with Gasteiger partial charge in [-0.2, -0.15) is 0 Å². The van der Waals surface area contributed by atoms with Crippen LogP contribution in [0.25, 0.3) is 0 Å². The van der Waals surface area contributed by atoms with Crippen molar-refractivity contribution in [2.45, 2.75) is 20.3 Å². The number of fused-ring (bicyclic) bond motifs is 1. The number of rotatable bonds is 5. The fraction of sp³-hybridized carbons (Fsp3) is 0.200. The van der Waals surface area contributed by atoms with E-state index in [1.165, 1.54) is 0 Å². The van der Waals surface area contributed by atoms with Crippen molar-refractivity contribution >= 4 is 29.0 Å². The fourth-order valence-corrected chi connectivity index (χ4v) is 3.66. The SMILES string of the molecule is CCOc1ccccc1NC(=O)Nc1ccc2c(c1)N(C(=O)c1ccc(C)cc1)CC2. The number of hydrogen-bond donors (Lipinski definition) is 2. The first-order chi connectivity index (χ1) is 15.0. The van der Waals surface area contributed by atoms with Gasteiger partial charge in [0.25, 0.3) is 5.91 Å². The molecule has 1 aliphatic rings. The van der Waals surface area contributed by atoms with Crippen LogP contribution in [0.4, 0.5) is 21.9 Å². The Morgan fingerprint density at radius 2 is 1.77 bits per heavy atom. The minimum absolute atomic E-state index is 0.0361. The Balaban J connectivity index is 1.49. The monoisotopic (exact) mass is 415 g/mol. The number of para-hydroxylation sites is 2. The normalized spacial score (nSPS) is 12.3. The van der Waals surface area contributed by atoms with Gasteiger partial charge in [0, 0.05) is 23.5 Å². The Hall–Kier alpha value is -3.80. The number of nitrogens with one attached hydrogen (secondary N) is 2. The van der Waals surface area contributed by atoms with Crippen LogP contribution in [0.1, 0.15) is 28.4 Å². The second kappa shape index (κ2) is 8.92. The number of nitrogens with zero attached hydrogens (tertiary/aromatic N) is 1. The van der Waals surface area contributed by atoms with Crippen LogP contribution in [0.2, 0.25) is 0 Å². The number of benzene rings is 3. The Kier molecular flexibility index (Phi) is 5.89. The van der Waals surface area contributed by atoms with Gasteiger partial charge in [-0.15, -0.1) is 0 Å². The van der Waals surface area contributed by atoms with Crippen molar-refractivity contribution in [1.82, 2.24) is 0 Å². The number of carbonyl (C=O) groups excluding carboxylic acids is 2. The van der Waals surface area contributed by atoms with Crippen molar-refractivity contribution in [3.8, 4) is 5.75 Å². The number of amides is 3. The van der Waals surface area contributed by atoms with Gasteiger partial charge in [0.1, 0.15) is 5.75 Å². The lowest BCUT2D eigenvalue weighted by molar-refractivity contribution is 0.0989. The van der Waals surface area contributed by atoms with Crippen molar-refractivity contribution in [3.05, 3.63) is 83.4 Å². The molecular weight excluding hydrogens is 390 g/mol. The summed E-state index contributed by atoms with van der Waals surface area (Å²) in [5, 5.41) is 5.67. The van der Waals surface area contributed by atoms with Gasteiger partial charge >= 0.3 is 6.03 Å². The number of aryl methyl sites for hydroxylation is 1. The van der Waals surface area contributed by atoms with E-state index in [4.69, 9.17) is 4.74 Å². The van der Waals surface area contributed by atoms with E-state index < -0.39 is 0 Å². The molecule has 3 aromatic carbocycles. The van der Waals surface area contributed by atoms with E-state index in [2.05, 4.69) is 10.6 Å². The molecule has 2 N–H and O–H groups in total. The summed E-state index contributed by atoms with van der Waals surface area (Å²) in [5.74, 6) is 0.579. The van der Waals surface area contributed by atoms with Crippen molar-refractivity contribution < 1.29 is 14.3 Å². The van der Waals surface area contributed by atoms with Crippen LogP contribution in [0.5, 0.6) is 5.75 Å². The molecule has 0 radical (unpaired) electrons. The summed E-state index contributed by atoms with van der Waals surface area (Å²) >= 11 is 0. The number of carbonyl (C=O) groups is 2. The minimum Gasteiger partial charge on any atom is -0.492 e. The Bertz CT molecular complexity index is 1110. The molecule has 1 aliphatic heterocycles. The van der Waals surface area contributed by atoms with E-state index in [0.29, 0.717) is 35.8 Å². The van der Waals surface area contributed by atoms with Crippen LogP contribution >= 0.6 is 0 Å². The smallest absolute Gasteiger partial charge is 0.323 e. The lowest BCUT2D eigenvalue weighted by Crippen LogP contribution is -2.29. The first kappa shape index (κ1) is 20.5. The molecule has 6 heteroatoms. The molecular formula is C25H25N3O3. The third-order valence-electron chi connectivity index (χ3n) is 5.22. The van der Waals surface area contributed by atoms with E-state index >= 15 is 0 Å². The molecule has 0 aliphatic carbocycles. The van der Waals surface area contributed by atoms with Gasteiger partial charge in [-0.1, -0.05) is 35.9 Å². The second-order valence-electron chi connectivity index (χ2n) is 7.42. The number of urea groups is 1. The van der Waals surface area contributed by atoms with Crippen LogP contribution in [-0.4, -0.2) is 25.1 Å². The molecule has 3 aromatic rings. The standard InChI is InChI=1S/C25H25N3O3/c1-3-31-23-7-5-4-6-21(23)27-25(30)26-20-13-12-18-14-15-28(22(18)16-20)24(29)19-10-8-17(2)9-11-19/h4-13,16H,3,14-15H2,1-2H3,(H2,26,27,30). The van der Waals surface area contributed by atoms with Crippen LogP contribution < -0.4 is 20.3 Å². The fourth-order valence-electron chi connectivity index (χ4n) is 3.66. The highest BCUT2D eigenvalue weighted by atomic mass is 16.5. The molecule has 6 nitrogen and oxygen atoms in total. The zero-order valence-corrected chi connectivity index (χ0v) is 17.6. The molecule has 1 heterocycles. The molecule has 0 saturated heterocycles. The Morgan fingerprint density at radius 1 is 1.00 bits per heavy atom. The lowest BCUT2D eigenvalue weighted by Gasteiger charge is -2.18. The average molecular weight is 415 g/mol. The molecule has 0 aromatic heterocycles. The summed E-state index contributed by atoms with van der Waals surface area (Å²) in [5.41, 5.74) is 4.91. The third kappa shape index (κ3) is 4.53. The molecule has 0 unspecified atom stereocenters. The maximum atomic E-state index is 13.0. The van der Waals surface area contributed by atoms with Crippen molar-refractivity contribution in [3.63, 3.8) is 0 Å². The molecule has 0 spiro atoms. The van der Waals surface area contributed by atoms with Gasteiger partial charge in [0.15, 0.2) is 0 Å². The number of ether oxygens (including phenoxy) is 1. The number of anilines is 3. The maximum Gasteiger partial charge on any atom is 0.323 e. The summed E-state index contributed by atoms with van der Waals surface area (Å²) in [6, 6.07) is 20.1. The molecule has 158 valence electrons. The first-order valence-corrected chi connectivity index (χ1v) is 10.4. The lowest BCUT2D eigenvalue weighted by atomic mass is 10.1. The highest BCUT2D eigenvalue weighted by Crippen LogP contribution is 2.32.